The van der Waals surface area contributed by atoms with E-state index in [-0.39, 0.29) is 17.4 Å². The molecule has 4 nitrogen and oxygen atoms in total. The molecule has 0 atom stereocenters. The number of carbonyl (C=O) groups excluding carboxylic acids is 1. The zero-order valence-electron chi connectivity index (χ0n) is 12.7. The summed E-state index contributed by atoms with van der Waals surface area (Å²) in [6.45, 7) is 3.99. The van der Waals surface area contributed by atoms with Crippen molar-refractivity contribution in [3.63, 3.8) is 0 Å². The number of ether oxygens (including phenoxy) is 2. The molecule has 2 aromatic rings. The van der Waals surface area contributed by atoms with Crippen LogP contribution in [0.3, 0.4) is 0 Å². The maximum atomic E-state index is 13.0. The van der Waals surface area contributed by atoms with Crippen LogP contribution >= 0.6 is 0 Å². The molecule has 1 heterocycles. The molecule has 0 bridgehead atoms. The Morgan fingerprint density at radius 2 is 2.00 bits per heavy atom. The van der Waals surface area contributed by atoms with Crippen molar-refractivity contribution in [2.45, 2.75) is 0 Å². The molecule has 2 aromatic carbocycles. The van der Waals surface area contributed by atoms with E-state index >= 15 is 0 Å². The average Bonchev–Trinajstić information content (AvgIpc) is 2.95. The molecule has 120 valence electrons. The number of nitrogens with zero attached hydrogens (tertiary/aromatic N) is 1. The second-order valence-corrected chi connectivity index (χ2v) is 5.02. The van der Waals surface area contributed by atoms with Crippen LogP contribution in [0.2, 0.25) is 0 Å². The standard InChI is InChI=1S/C19H14FNO3/c1-2-10-23-16-5-3-4-13(11-16)12-17-19(22)24-18(21-17)14-6-8-15(20)9-7-14/h2-9,11-12H,1,10H2. The number of carbonyl (C=O) groups is 1. The first kappa shape index (κ1) is 15.7. The van der Waals surface area contributed by atoms with E-state index < -0.39 is 5.97 Å². The first-order chi connectivity index (χ1) is 11.7. The van der Waals surface area contributed by atoms with Gasteiger partial charge >= 0.3 is 5.97 Å². The van der Waals surface area contributed by atoms with Crippen LogP contribution in [-0.4, -0.2) is 18.5 Å². The highest BCUT2D eigenvalue weighted by Crippen LogP contribution is 2.21. The van der Waals surface area contributed by atoms with Gasteiger partial charge in [-0.2, -0.15) is 0 Å². The van der Waals surface area contributed by atoms with E-state index in [2.05, 4.69) is 11.6 Å². The first-order valence-corrected chi connectivity index (χ1v) is 7.28. The molecular weight excluding hydrogens is 309 g/mol. The molecule has 0 saturated carbocycles. The van der Waals surface area contributed by atoms with Crippen molar-refractivity contribution in [3.05, 3.63) is 83.8 Å². The van der Waals surface area contributed by atoms with Crippen molar-refractivity contribution >= 4 is 17.9 Å². The fourth-order valence-corrected chi connectivity index (χ4v) is 2.13. The number of benzene rings is 2. The van der Waals surface area contributed by atoms with Crippen molar-refractivity contribution in [1.82, 2.24) is 0 Å². The molecule has 0 aromatic heterocycles. The molecule has 0 saturated heterocycles. The minimum absolute atomic E-state index is 0.158. The van der Waals surface area contributed by atoms with Gasteiger partial charge in [-0.05, 0) is 48.0 Å². The molecule has 0 fully saturated rings. The maximum absolute atomic E-state index is 13.0. The fraction of sp³-hybridized carbons (Fsp3) is 0.0526. The number of halogens is 1. The average molecular weight is 323 g/mol. The third-order valence-electron chi connectivity index (χ3n) is 3.24. The Bertz CT molecular complexity index is 838. The summed E-state index contributed by atoms with van der Waals surface area (Å²) >= 11 is 0. The van der Waals surface area contributed by atoms with Crippen LogP contribution in [-0.2, 0) is 9.53 Å². The Balaban J connectivity index is 1.85. The van der Waals surface area contributed by atoms with E-state index in [0.717, 1.165) is 5.56 Å². The zero-order valence-corrected chi connectivity index (χ0v) is 12.7. The lowest BCUT2D eigenvalue weighted by atomic mass is 10.2. The maximum Gasteiger partial charge on any atom is 0.363 e. The fourth-order valence-electron chi connectivity index (χ4n) is 2.13. The summed E-state index contributed by atoms with van der Waals surface area (Å²) in [7, 11) is 0. The topological polar surface area (TPSA) is 47.9 Å². The van der Waals surface area contributed by atoms with Crippen LogP contribution in [0, 0.1) is 5.82 Å². The van der Waals surface area contributed by atoms with Crippen molar-refractivity contribution < 1.29 is 18.7 Å². The number of hydrogen-bond acceptors (Lipinski definition) is 4. The van der Waals surface area contributed by atoms with E-state index in [4.69, 9.17) is 9.47 Å². The van der Waals surface area contributed by atoms with E-state index in [1.54, 1.807) is 18.2 Å². The predicted octanol–water partition coefficient (Wildman–Crippen LogP) is 3.74. The second kappa shape index (κ2) is 6.91. The van der Waals surface area contributed by atoms with Crippen molar-refractivity contribution in [1.29, 1.82) is 0 Å². The molecule has 24 heavy (non-hydrogen) atoms. The van der Waals surface area contributed by atoms with Crippen molar-refractivity contribution in [2.75, 3.05) is 6.61 Å². The van der Waals surface area contributed by atoms with Crippen LogP contribution in [0.5, 0.6) is 5.75 Å². The van der Waals surface area contributed by atoms with E-state index in [9.17, 15) is 9.18 Å². The lowest BCUT2D eigenvalue weighted by Gasteiger charge is -2.03. The minimum Gasteiger partial charge on any atom is -0.490 e. The van der Waals surface area contributed by atoms with E-state index in [1.807, 2.05) is 18.2 Å². The highest BCUT2D eigenvalue weighted by molar-refractivity contribution is 6.12. The van der Waals surface area contributed by atoms with Crippen LogP contribution in [0.1, 0.15) is 11.1 Å². The smallest absolute Gasteiger partial charge is 0.363 e. The van der Waals surface area contributed by atoms with Crippen LogP contribution < -0.4 is 4.74 Å². The Morgan fingerprint density at radius 1 is 1.21 bits per heavy atom. The molecule has 0 amide bonds. The number of esters is 1. The lowest BCUT2D eigenvalue weighted by Crippen LogP contribution is -2.05. The van der Waals surface area contributed by atoms with Gasteiger partial charge in [0.05, 0.1) is 0 Å². The highest BCUT2D eigenvalue weighted by atomic mass is 19.1. The van der Waals surface area contributed by atoms with Crippen molar-refractivity contribution in [2.24, 2.45) is 4.99 Å². The predicted molar refractivity (Wildman–Crippen MR) is 89.1 cm³/mol. The van der Waals surface area contributed by atoms with Gasteiger partial charge in [0, 0.05) is 5.56 Å². The minimum atomic E-state index is -0.549. The summed E-state index contributed by atoms with van der Waals surface area (Å²) in [5.74, 6) is -0.0915. The number of aliphatic imine (C=N–C) groups is 1. The largest absolute Gasteiger partial charge is 0.490 e. The Labute approximate surface area is 138 Å². The lowest BCUT2D eigenvalue weighted by molar-refractivity contribution is -0.129. The SMILES string of the molecule is C=CCOc1cccc(C=C2N=C(c3ccc(F)cc3)OC2=O)c1. The van der Waals surface area contributed by atoms with E-state index in [1.165, 1.54) is 24.3 Å². The van der Waals surface area contributed by atoms with Gasteiger partial charge < -0.3 is 9.47 Å². The molecule has 3 rings (SSSR count). The summed E-state index contributed by atoms with van der Waals surface area (Å²) in [4.78, 5) is 16.1. The zero-order chi connectivity index (χ0) is 16.9. The van der Waals surface area contributed by atoms with Gasteiger partial charge in [-0.1, -0.05) is 24.8 Å². The molecule has 1 aliphatic rings. The third-order valence-corrected chi connectivity index (χ3v) is 3.24. The summed E-state index contributed by atoms with van der Waals surface area (Å²) in [6, 6.07) is 12.8. The van der Waals surface area contributed by atoms with Crippen LogP contribution in [0.25, 0.3) is 6.08 Å². The Morgan fingerprint density at radius 3 is 2.75 bits per heavy atom. The normalized spacial score (nSPS) is 15.1. The molecule has 1 aliphatic heterocycles. The molecule has 0 aliphatic carbocycles. The molecule has 0 N–H and O–H groups in total. The van der Waals surface area contributed by atoms with E-state index in [0.29, 0.717) is 17.9 Å². The number of cyclic esters (lactones) is 1. The van der Waals surface area contributed by atoms with Gasteiger partial charge in [0.1, 0.15) is 18.2 Å². The summed E-state index contributed by atoms with van der Waals surface area (Å²) in [5.41, 5.74) is 1.47. The quantitative estimate of drug-likeness (QED) is 0.478. The van der Waals surface area contributed by atoms with Gasteiger partial charge in [-0.25, -0.2) is 14.2 Å². The summed E-state index contributed by atoms with van der Waals surface area (Å²) in [6.07, 6.45) is 3.26. The Hall–Kier alpha value is -3.21. The van der Waals surface area contributed by atoms with Gasteiger partial charge in [0.15, 0.2) is 5.70 Å². The van der Waals surface area contributed by atoms with Gasteiger partial charge in [0.25, 0.3) is 0 Å². The van der Waals surface area contributed by atoms with Crippen molar-refractivity contribution in [3.8, 4) is 5.75 Å². The molecule has 0 unspecified atom stereocenters. The third kappa shape index (κ3) is 3.57. The first-order valence-electron chi connectivity index (χ1n) is 7.28. The highest BCUT2D eigenvalue weighted by Gasteiger charge is 2.24. The monoisotopic (exact) mass is 323 g/mol. The number of hydrogen-bond donors (Lipinski definition) is 0. The summed E-state index contributed by atoms with van der Waals surface area (Å²) < 4.78 is 23.6. The second-order valence-electron chi connectivity index (χ2n) is 5.02. The van der Waals surface area contributed by atoms with Crippen LogP contribution in [0.15, 0.2) is 71.9 Å². The molecule has 0 spiro atoms. The molecule has 5 heteroatoms. The van der Waals surface area contributed by atoms with Gasteiger partial charge in [0.2, 0.25) is 5.90 Å². The summed E-state index contributed by atoms with van der Waals surface area (Å²) in [5, 5.41) is 0. The van der Waals surface area contributed by atoms with Gasteiger partial charge in [-0.3, -0.25) is 0 Å². The molecular formula is C19H14FNO3. The number of rotatable bonds is 5. The Kier molecular flexibility index (Phi) is 4.52. The molecule has 0 radical (unpaired) electrons. The van der Waals surface area contributed by atoms with Crippen LogP contribution in [0.4, 0.5) is 4.39 Å². The van der Waals surface area contributed by atoms with Gasteiger partial charge in [-0.15, -0.1) is 0 Å².